The Bertz CT molecular complexity index is 1500. The number of nitrogens with one attached hydrogen (secondary N) is 2. The lowest BCUT2D eigenvalue weighted by Crippen LogP contribution is -2.44. The summed E-state index contributed by atoms with van der Waals surface area (Å²) in [5, 5.41) is 17.5. The molecule has 44 heavy (non-hydrogen) atoms. The zero-order valence-electron chi connectivity index (χ0n) is 25.7. The van der Waals surface area contributed by atoms with Crippen molar-refractivity contribution in [2.75, 3.05) is 26.2 Å². The first-order chi connectivity index (χ1) is 21.0. The minimum Gasteiger partial charge on any atom is -0.489 e. The number of ether oxygens (including phenoxy) is 2. The van der Waals surface area contributed by atoms with Crippen LogP contribution in [-0.2, 0) is 20.9 Å². The normalized spacial score (nSPS) is 20.9. The molecule has 2 aromatic carbocycles. The number of aryl methyl sites for hydroxylation is 1. The van der Waals surface area contributed by atoms with Gasteiger partial charge in [-0.15, -0.1) is 0 Å². The van der Waals surface area contributed by atoms with Crippen LogP contribution in [0.15, 0.2) is 54.6 Å². The van der Waals surface area contributed by atoms with Gasteiger partial charge in [0.05, 0.1) is 11.4 Å². The summed E-state index contributed by atoms with van der Waals surface area (Å²) in [6.45, 7) is 10.1. The summed E-state index contributed by atoms with van der Waals surface area (Å²) in [6.07, 6.45) is 0.729. The van der Waals surface area contributed by atoms with Crippen molar-refractivity contribution in [3.05, 3.63) is 71.4 Å². The van der Waals surface area contributed by atoms with Crippen LogP contribution in [0.3, 0.4) is 0 Å². The first-order valence-electron chi connectivity index (χ1n) is 15.0. The molecule has 2 fully saturated rings. The van der Waals surface area contributed by atoms with E-state index in [-0.39, 0.29) is 36.2 Å². The zero-order valence-corrected chi connectivity index (χ0v) is 25.7. The fourth-order valence-electron chi connectivity index (χ4n) is 5.94. The van der Waals surface area contributed by atoms with Gasteiger partial charge >= 0.3 is 5.97 Å². The Morgan fingerprint density at radius 1 is 1.02 bits per heavy atom. The Balaban J connectivity index is 1.20. The van der Waals surface area contributed by atoms with Crippen molar-refractivity contribution in [2.45, 2.75) is 58.8 Å². The maximum absolute atomic E-state index is 13.3. The van der Waals surface area contributed by atoms with E-state index in [4.69, 9.17) is 14.7 Å². The molecule has 1 aromatic heterocycles. The van der Waals surface area contributed by atoms with Crippen LogP contribution in [0.4, 0.5) is 0 Å². The number of nitrogens with zero attached hydrogens (tertiary/aromatic N) is 3. The molecule has 3 atom stereocenters. The number of aromatic nitrogens is 1. The SMILES string of the molecule is Cc1cc(COc2ccc(C(=O)N[C@@H]3CN(N4CCC(C(=O)OC(C)(C)C)C4)C[C@@H]3CC(=O)NO)cc2)c2ccccc2n1. The molecule has 3 N–H and O–H groups in total. The molecule has 0 saturated carbocycles. The van der Waals surface area contributed by atoms with Crippen LogP contribution in [-0.4, -0.2) is 75.8 Å². The number of hydroxylamine groups is 1. The molecule has 3 heterocycles. The highest BCUT2D eigenvalue weighted by atomic mass is 16.6. The highest BCUT2D eigenvalue weighted by Gasteiger charge is 2.41. The molecule has 0 aliphatic carbocycles. The van der Waals surface area contributed by atoms with Gasteiger partial charge in [-0.05, 0) is 70.5 Å². The van der Waals surface area contributed by atoms with Crippen molar-refractivity contribution in [1.29, 1.82) is 0 Å². The van der Waals surface area contributed by atoms with E-state index >= 15 is 0 Å². The molecular formula is C33H41N5O6. The predicted octanol–water partition coefficient (Wildman–Crippen LogP) is 3.63. The van der Waals surface area contributed by atoms with Crippen LogP contribution in [0, 0.1) is 18.8 Å². The van der Waals surface area contributed by atoms with Gasteiger partial charge in [0, 0.05) is 66.8 Å². The number of pyridine rings is 1. The van der Waals surface area contributed by atoms with Gasteiger partial charge in [0.15, 0.2) is 0 Å². The summed E-state index contributed by atoms with van der Waals surface area (Å²) >= 11 is 0. The van der Waals surface area contributed by atoms with Crippen molar-refractivity contribution in [3.8, 4) is 5.75 Å². The van der Waals surface area contributed by atoms with E-state index in [1.54, 1.807) is 29.7 Å². The number of carbonyl (C=O) groups excluding carboxylic acids is 3. The summed E-state index contributed by atoms with van der Waals surface area (Å²) in [5.41, 5.74) is 4.51. The molecule has 1 unspecified atom stereocenters. The Kier molecular flexibility index (Phi) is 9.48. The highest BCUT2D eigenvalue weighted by molar-refractivity contribution is 5.94. The molecule has 0 bridgehead atoms. The number of esters is 1. The van der Waals surface area contributed by atoms with Gasteiger partial charge in [0.2, 0.25) is 5.91 Å². The molecular weight excluding hydrogens is 562 g/mol. The molecule has 0 radical (unpaired) electrons. The Hall–Kier alpha value is -4.06. The third-order valence-electron chi connectivity index (χ3n) is 8.06. The Morgan fingerprint density at radius 3 is 2.50 bits per heavy atom. The Labute approximate surface area is 257 Å². The molecule has 2 saturated heterocycles. The number of hydrazine groups is 1. The first-order valence-corrected chi connectivity index (χ1v) is 15.0. The maximum Gasteiger partial charge on any atom is 0.310 e. The third-order valence-corrected chi connectivity index (χ3v) is 8.06. The zero-order chi connectivity index (χ0) is 31.4. The van der Waals surface area contributed by atoms with E-state index in [0.29, 0.717) is 50.5 Å². The minimum absolute atomic E-state index is 0.0528. The van der Waals surface area contributed by atoms with E-state index in [1.807, 2.05) is 58.0 Å². The highest BCUT2D eigenvalue weighted by Crippen LogP contribution is 2.28. The fraction of sp³-hybridized carbons (Fsp3) is 0.455. The summed E-state index contributed by atoms with van der Waals surface area (Å²) in [5.74, 6) is -0.809. The monoisotopic (exact) mass is 603 g/mol. The van der Waals surface area contributed by atoms with E-state index in [0.717, 1.165) is 22.2 Å². The average Bonchev–Trinajstić information content (AvgIpc) is 3.63. The van der Waals surface area contributed by atoms with E-state index in [1.165, 1.54) is 0 Å². The van der Waals surface area contributed by atoms with Gasteiger partial charge in [-0.1, -0.05) is 18.2 Å². The molecule has 2 amide bonds. The fourth-order valence-corrected chi connectivity index (χ4v) is 5.94. The Morgan fingerprint density at radius 2 is 1.77 bits per heavy atom. The summed E-state index contributed by atoms with van der Waals surface area (Å²) < 4.78 is 11.6. The van der Waals surface area contributed by atoms with Gasteiger partial charge in [0.1, 0.15) is 18.0 Å². The van der Waals surface area contributed by atoms with Crippen molar-refractivity contribution < 1.29 is 29.1 Å². The second-order valence-electron chi connectivity index (χ2n) is 12.6. The van der Waals surface area contributed by atoms with E-state index in [2.05, 4.69) is 20.3 Å². The van der Waals surface area contributed by atoms with Gasteiger partial charge in [-0.25, -0.2) is 15.5 Å². The molecule has 2 aliphatic rings. The minimum atomic E-state index is -0.547. The largest absolute Gasteiger partial charge is 0.489 e. The van der Waals surface area contributed by atoms with Gasteiger partial charge in [-0.2, -0.15) is 0 Å². The van der Waals surface area contributed by atoms with E-state index < -0.39 is 11.5 Å². The number of amides is 2. The topological polar surface area (TPSA) is 133 Å². The maximum atomic E-state index is 13.3. The quantitative estimate of drug-likeness (QED) is 0.191. The smallest absolute Gasteiger partial charge is 0.310 e. The molecule has 11 heteroatoms. The van der Waals surface area contributed by atoms with Crippen molar-refractivity contribution in [3.63, 3.8) is 0 Å². The van der Waals surface area contributed by atoms with Crippen LogP contribution < -0.4 is 15.5 Å². The van der Waals surface area contributed by atoms with Gasteiger partial charge < -0.3 is 14.8 Å². The predicted molar refractivity (Wildman–Crippen MR) is 164 cm³/mol. The number of hydrogen-bond donors (Lipinski definition) is 3. The van der Waals surface area contributed by atoms with Crippen molar-refractivity contribution in [2.24, 2.45) is 11.8 Å². The third kappa shape index (κ3) is 7.71. The molecule has 234 valence electrons. The molecule has 5 rings (SSSR count). The van der Waals surface area contributed by atoms with Gasteiger partial charge in [-0.3, -0.25) is 24.6 Å². The van der Waals surface area contributed by atoms with Crippen LogP contribution in [0.1, 0.15) is 55.2 Å². The lowest BCUT2D eigenvalue weighted by molar-refractivity contribution is -0.160. The van der Waals surface area contributed by atoms with Crippen LogP contribution in [0.5, 0.6) is 5.75 Å². The number of fused-ring (bicyclic) bond motifs is 1. The van der Waals surface area contributed by atoms with E-state index in [9.17, 15) is 14.4 Å². The van der Waals surface area contributed by atoms with Crippen LogP contribution in [0.25, 0.3) is 10.9 Å². The van der Waals surface area contributed by atoms with Crippen LogP contribution in [0.2, 0.25) is 0 Å². The number of carbonyl (C=O) groups is 3. The molecule has 3 aromatic rings. The number of para-hydroxylation sites is 1. The van der Waals surface area contributed by atoms with Crippen LogP contribution >= 0.6 is 0 Å². The lowest BCUT2D eigenvalue weighted by Gasteiger charge is -2.28. The molecule has 11 nitrogen and oxygen atoms in total. The molecule has 0 spiro atoms. The summed E-state index contributed by atoms with van der Waals surface area (Å²) in [7, 11) is 0. The second kappa shape index (κ2) is 13.3. The lowest BCUT2D eigenvalue weighted by atomic mass is 9.99. The van der Waals surface area contributed by atoms with Gasteiger partial charge in [0.25, 0.3) is 5.91 Å². The average molecular weight is 604 g/mol. The molecule has 2 aliphatic heterocycles. The number of rotatable bonds is 9. The number of benzene rings is 2. The summed E-state index contributed by atoms with van der Waals surface area (Å²) in [4.78, 5) is 42.6. The standard InChI is InChI=1S/C33H41N5O6/c1-21-15-25(27-7-5-6-8-28(27)34-21)20-43-26-11-9-22(10-12-26)31(40)35-29-19-38(18-24(29)16-30(39)36-42)37-14-13-23(17-37)32(41)44-33(2,3)4/h5-12,15,23-24,29,42H,13-14,16-20H2,1-4H3,(H,35,40)(H,36,39)/t23?,24-,29+/m0/s1. The van der Waals surface area contributed by atoms with Crippen molar-refractivity contribution in [1.82, 2.24) is 25.8 Å². The number of hydrogen-bond acceptors (Lipinski definition) is 9. The second-order valence-corrected chi connectivity index (χ2v) is 12.6. The first kappa shape index (κ1) is 31.4. The van der Waals surface area contributed by atoms with Crippen molar-refractivity contribution >= 4 is 28.7 Å². The summed E-state index contributed by atoms with van der Waals surface area (Å²) in [6, 6.07) is 16.6.